The van der Waals surface area contributed by atoms with E-state index in [1.165, 1.54) is 0 Å². The quantitative estimate of drug-likeness (QED) is 0.933. The SMILES string of the molecule is CN(C(=O)Cc1ccccc1CN)c1cccc(C#N)c1. The summed E-state index contributed by atoms with van der Waals surface area (Å²) in [6.45, 7) is 0.414. The number of amides is 1. The van der Waals surface area contributed by atoms with Gasteiger partial charge in [-0.1, -0.05) is 30.3 Å². The highest BCUT2D eigenvalue weighted by Gasteiger charge is 2.13. The Balaban J connectivity index is 2.18. The van der Waals surface area contributed by atoms with Crippen molar-refractivity contribution in [2.75, 3.05) is 11.9 Å². The second-order valence-electron chi connectivity index (χ2n) is 4.76. The molecule has 0 bridgehead atoms. The second kappa shape index (κ2) is 6.69. The number of hydrogen-bond donors (Lipinski definition) is 1. The molecule has 0 spiro atoms. The molecular formula is C17H17N3O. The van der Waals surface area contributed by atoms with Crippen LogP contribution in [0.3, 0.4) is 0 Å². The summed E-state index contributed by atoms with van der Waals surface area (Å²) in [6.07, 6.45) is 0.292. The molecular weight excluding hydrogens is 262 g/mol. The molecule has 21 heavy (non-hydrogen) atoms. The highest BCUT2D eigenvalue weighted by Crippen LogP contribution is 2.17. The standard InChI is InChI=1S/C17H17N3O/c1-20(16-8-4-5-13(9-16)11-18)17(21)10-14-6-2-3-7-15(14)12-19/h2-9H,10,12,19H2,1H3. The molecule has 4 nitrogen and oxygen atoms in total. The molecule has 2 N–H and O–H groups in total. The van der Waals surface area contributed by atoms with E-state index in [0.717, 1.165) is 11.1 Å². The lowest BCUT2D eigenvalue weighted by Gasteiger charge is -2.18. The van der Waals surface area contributed by atoms with Gasteiger partial charge in [0, 0.05) is 19.3 Å². The first-order chi connectivity index (χ1) is 10.2. The number of hydrogen-bond acceptors (Lipinski definition) is 3. The normalized spacial score (nSPS) is 9.95. The summed E-state index contributed by atoms with van der Waals surface area (Å²) < 4.78 is 0. The Bertz CT molecular complexity index is 688. The van der Waals surface area contributed by atoms with Crippen LogP contribution >= 0.6 is 0 Å². The number of rotatable bonds is 4. The fraction of sp³-hybridized carbons (Fsp3) is 0.176. The lowest BCUT2D eigenvalue weighted by Crippen LogP contribution is -2.28. The zero-order chi connectivity index (χ0) is 15.2. The van der Waals surface area contributed by atoms with Crippen LogP contribution in [-0.4, -0.2) is 13.0 Å². The maximum Gasteiger partial charge on any atom is 0.231 e. The largest absolute Gasteiger partial charge is 0.326 e. The van der Waals surface area contributed by atoms with Crippen molar-refractivity contribution in [1.29, 1.82) is 5.26 Å². The molecule has 1 amide bonds. The molecule has 0 radical (unpaired) electrons. The number of nitrogens with zero attached hydrogens (tertiary/aromatic N) is 2. The van der Waals surface area contributed by atoms with Gasteiger partial charge < -0.3 is 10.6 Å². The predicted molar refractivity (Wildman–Crippen MR) is 82.6 cm³/mol. The van der Waals surface area contributed by atoms with Crippen molar-refractivity contribution in [3.8, 4) is 6.07 Å². The number of benzene rings is 2. The first-order valence-corrected chi connectivity index (χ1v) is 6.69. The number of likely N-dealkylation sites (N-methyl/N-ethyl adjacent to an activating group) is 1. The highest BCUT2D eigenvalue weighted by atomic mass is 16.2. The van der Waals surface area contributed by atoms with E-state index in [1.807, 2.05) is 30.3 Å². The molecule has 0 aliphatic carbocycles. The van der Waals surface area contributed by atoms with Crippen molar-refractivity contribution in [3.63, 3.8) is 0 Å². The summed E-state index contributed by atoms with van der Waals surface area (Å²) in [4.78, 5) is 13.9. The van der Waals surface area contributed by atoms with E-state index >= 15 is 0 Å². The average Bonchev–Trinajstić information content (AvgIpc) is 2.54. The van der Waals surface area contributed by atoms with Gasteiger partial charge in [0.05, 0.1) is 18.1 Å². The summed E-state index contributed by atoms with van der Waals surface area (Å²) in [5.74, 6) is -0.0361. The maximum atomic E-state index is 12.4. The number of carbonyl (C=O) groups excluding carboxylic acids is 1. The number of nitriles is 1. The molecule has 0 unspecified atom stereocenters. The molecule has 0 saturated heterocycles. The summed E-state index contributed by atoms with van der Waals surface area (Å²) in [5.41, 5.74) is 8.85. The smallest absolute Gasteiger partial charge is 0.231 e. The lowest BCUT2D eigenvalue weighted by atomic mass is 10.0. The van der Waals surface area contributed by atoms with Crippen molar-refractivity contribution in [2.45, 2.75) is 13.0 Å². The topological polar surface area (TPSA) is 70.1 Å². The number of carbonyl (C=O) groups is 1. The third-order valence-electron chi connectivity index (χ3n) is 3.42. The van der Waals surface area contributed by atoms with Crippen LogP contribution in [0.5, 0.6) is 0 Å². The van der Waals surface area contributed by atoms with E-state index in [2.05, 4.69) is 6.07 Å². The fourth-order valence-electron chi connectivity index (χ4n) is 2.14. The molecule has 2 rings (SSSR count). The Morgan fingerprint density at radius 3 is 2.57 bits per heavy atom. The maximum absolute atomic E-state index is 12.4. The minimum atomic E-state index is -0.0361. The molecule has 0 aliphatic rings. The first kappa shape index (κ1) is 14.8. The van der Waals surface area contributed by atoms with E-state index < -0.39 is 0 Å². The van der Waals surface area contributed by atoms with Crippen LogP contribution in [0.1, 0.15) is 16.7 Å². The van der Waals surface area contributed by atoms with E-state index in [4.69, 9.17) is 11.0 Å². The fourth-order valence-corrected chi connectivity index (χ4v) is 2.14. The van der Waals surface area contributed by atoms with Gasteiger partial charge in [-0.25, -0.2) is 0 Å². The van der Waals surface area contributed by atoms with Crippen LogP contribution in [0.15, 0.2) is 48.5 Å². The Labute approximate surface area is 124 Å². The van der Waals surface area contributed by atoms with Crippen molar-refractivity contribution in [1.82, 2.24) is 0 Å². The van der Waals surface area contributed by atoms with Crippen LogP contribution in [0.2, 0.25) is 0 Å². The van der Waals surface area contributed by atoms with Crippen molar-refractivity contribution >= 4 is 11.6 Å². The molecule has 2 aromatic rings. The Hall–Kier alpha value is -2.64. The summed E-state index contributed by atoms with van der Waals surface area (Å²) in [7, 11) is 1.71. The Morgan fingerprint density at radius 2 is 1.90 bits per heavy atom. The molecule has 0 atom stereocenters. The molecule has 106 valence electrons. The van der Waals surface area contributed by atoms with Gasteiger partial charge >= 0.3 is 0 Å². The van der Waals surface area contributed by atoms with Crippen LogP contribution in [-0.2, 0) is 17.8 Å². The van der Waals surface area contributed by atoms with Gasteiger partial charge in [-0.3, -0.25) is 4.79 Å². The zero-order valence-corrected chi connectivity index (χ0v) is 11.9. The Morgan fingerprint density at radius 1 is 1.19 bits per heavy atom. The summed E-state index contributed by atoms with van der Waals surface area (Å²) >= 11 is 0. The zero-order valence-electron chi connectivity index (χ0n) is 11.9. The predicted octanol–water partition coefficient (Wildman–Crippen LogP) is 2.22. The third-order valence-corrected chi connectivity index (χ3v) is 3.42. The molecule has 2 aromatic carbocycles. The van der Waals surface area contributed by atoms with Gasteiger partial charge in [0.1, 0.15) is 0 Å². The number of nitrogens with two attached hydrogens (primary N) is 1. The van der Waals surface area contributed by atoms with Gasteiger partial charge in [0.2, 0.25) is 5.91 Å². The van der Waals surface area contributed by atoms with Crippen LogP contribution in [0.25, 0.3) is 0 Å². The van der Waals surface area contributed by atoms with E-state index in [9.17, 15) is 4.79 Å². The minimum absolute atomic E-state index is 0.0361. The third kappa shape index (κ3) is 3.47. The van der Waals surface area contributed by atoms with Gasteiger partial charge in [-0.05, 0) is 29.3 Å². The van der Waals surface area contributed by atoms with Gasteiger partial charge in [-0.2, -0.15) is 5.26 Å². The first-order valence-electron chi connectivity index (χ1n) is 6.69. The molecule has 0 saturated carbocycles. The minimum Gasteiger partial charge on any atom is -0.326 e. The number of anilines is 1. The van der Waals surface area contributed by atoms with Crippen LogP contribution in [0.4, 0.5) is 5.69 Å². The molecule has 0 fully saturated rings. The van der Waals surface area contributed by atoms with Gasteiger partial charge in [-0.15, -0.1) is 0 Å². The monoisotopic (exact) mass is 279 g/mol. The second-order valence-corrected chi connectivity index (χ2v) is 4.76. The van der Waals surface area contributed by atoms with Crippen molar-refractivity contribution in [2.24, 2.45) is 5.73 Å². The summed E-state index contributed by atoms with van der Waals surface area (Å²) in [6, 6.07) is 16.7. The van der Waals surface area contributed by atoms with Crippen LogP contribution in [0, 0.1) is 11.3 Å². The van der Waals surface area contributed by atoms with Gasteiger partial charge in [0.15, 0.2) is 0 Å². The van der Waals surface area contributed by atoms with Crippen LogP contribution < -0.4 is 10.6 Å². The van der Waals surface area contributed by atoms with E-state index in [-0.39, 0.29) is 5.91 Å². The van der Waals surface area contributed by atoms with E-state index in [1.54, 1.807) is 30.1 Å². The van der Waals surface area contributed by atoms with Gasteiger partial charge in [0.25, 0.3) is 0 Å². The lowest BCUT2D eigenvalue weighted by molar-refractivity contribution is -0.117. The highest BCUT2D eigenvalue weighted by molar-refractivity contribution is 5.94. The molecule has 0 aliphatic heterocycles. The molecule has 4 heteroatoms. The van der Waals surface area contributed by atoms with Crippen molar-refractivity contribution < 1.29 is 4.79 Å². The van der Waals surface area contributed by atoms with E-state index in [0.29, 0.717) is 24.2 Å². The Kier molecular flexibility index (Phi) is 4.70. The summed E-state index contributed by atoms with van der Waals surface area (Å²) in [5, 5.41) is 8.92. The average molecular weight is 279 g/mol. The molecule has 0 heterocycles. The van der Waals surface area contributed by atoms with Crippen molar-refractivity contribution in [3.05, 3.63) is 65.2 Å². The molecule has 0 aromatic heterocycles.